The Kier molecular flexibility index (Phi) is 4.80. The number of pyridine rings is 1. The molecule has 1 amide bonds. The summed E-state index contributed by atoms with van der Waals surface area (Å²) in [4.78, 5) is 23.6. The normalized spacial score (nSPS) is 18.4. The number of rotatable bonds is 4. The molecule has 2 aliphatic rings. The largest absolute Gasteiger partial charge is 0.381 e. The number of nitrogens with one attached hydrogen (secondary N) is 1. The number of likely N-dealkylation sites (tertiary alicyclic amines) is 1. The molecule has 0 atom stereocenters. The van der Waals surface area contributed by atoms with Crippen molar-refractivity contribution >= 4 is 23.1 Å². The Morgan fingerprint density at radius 3 is 2.80 bits per heavy atom. The first-order valence-corrected chi connectivity index (χ1v) is 9.96. The van der Waals surface area contributed by atoms with Crippen LogP contribution >= 0.6 is 0 Å². The third-order valence-electron chi connectivity index (χ3n) is 5.90. The SMILES string of the molecule is Nc1nn2cc(F)cnc2c1C(=O)Nc1cnccc1C1CCN(C2COC2)CC1. The van der Waals surface area contributed by atoms with Crippen molar-refractivity contribution in [2.45, 2.75) is 24.8 Å². The zero-order valence-electron chi connectivity index (χ0n) is 16.3. The van der Waals surface area contributed by atoms with E-state index in [2.05, 4.69) is 25.3 Å². The van der Waals surface area contributed by atoms with Gasteiger partial charge in [0.1, 0.15) is 5.56 Å². The molecule has 2 fully saturated rings. The molecule has 3 N–H and O–H groups in total. The summed E-state index contributed by atoms with van der Waals surface area (Å²) in [5.41, 5.74) is 7.93. The Morgan fingerprint density at radius 1 is 1.27 bits per heavy atom. The van der Waals surface area contributed by atoms with Crippen LogP contribution in [0.2, 0.25) is 0 Å². The van der Waals surface area contributed by atoms with Crippen LogP contribution < -0.4 is 11.1 Å². The molecule has 5 heterocycles. The average molecular weight is 411 g/mol. The number of ether oxygens (including phenoxy) is 1. The summed E-state index contributed by atoms with van der Waals surface area (Å²) < 4.78 is 19.9. The van der Waals surface area contributed by atoms with Gasteiger partial charge in [-0.15, -0.1) is 5.10 Å². The van der Waals surface area contributed by atoms with Crippen molar-refractivity contribution in [2.24, 2.45) is 0 Å². The number of nitrogens with two attached hydrogens (primary N) is 1. The Morgan fingerprint density at radius 2 is 2.07 bits per heavy atom. The molecular weight excluding hydrogens is 389 g/mol. The van der Waals surface area contributed by atoms with Crippen LogP contribution in [0.15, 0.2) is 30.9 Å². The smallest absolute Gasteiger partial charge is 0.263 e. The zero-order chi connectivity index (χ0) is 20.7. The van der Waals surface area contributed by atoms with E-state index in [4.69, 9.17) is 10.5 Å². The lowest BCUT2D eigenvalue weighted by molar-refractivity contribution is -0.0712. The van der Waals surface area contributed by atoms with Crippen molar-refractivity contribution in [3.63, 3.8) is 0 Å². The molecule has 9 nitrogen and oxygen atoms in total. The maximum atomic E-state index is 13.4. The topological polar surface area (TPSA) is 111 Å². The van der Waals surface area contributed by atoms with Crippen LogP contribution in [0, 0.1) is 5.82 Å². The second kappa shape index (κ2) is 7.62. The molecular formula is C20H22FN7O2. The number of nitrogens with zero attached hydrogens (tertiary/aromatic N) is 5. The summed E-state index contributed by atoms with van der Waals surface area (Å²) >= 11 is 0. The van der Waals surface area contributed by atoms with Crippen molar-refractivity contribution in [2.75, 3.05) is 37.4 Å². The first-order chi connectivity index (χ1) is 14.6. The first-order valence-electron chi connectivity index (χ1n) is 9.96. The molecule has 0 radical (unpaired) electrons. The second-order valence-corrected chi connectivity index (χ2v) is 7.72. The fourth-order valence-electron chi connectivity index (χ4n) is 4.21. The van der Waals surface area contributed by atoms with Gasteiger partial charge in [0.15, 0.2) is 17.3 Å². The van der Waals surface area contributed by atoms with E-state index in [1.165, 1.54) is 4.52 Å². The first kappa shape index (κ1) is 18.9. The van der Waals surface area contributed by atoms with Gasteiger partial charge in [-0.05, 0) is 43.5 Å². The van der Waals surface area contributed by atoms with Crippen LogP contribution in [0.5, 0.6) is 0 Å². The fourth-order valence-corrected chi connectivity index (χ4v) is 4.21. The molecule has 3 aromatic heterocycles. The summed E-state index contributed by atoms with van der Waals surface area (Å²) in [7, 11) is 0. The van der Waals surface area contributed by atoms with E-state index in [1.54, 1.807) is 12.4 Å². The number of nitrogen functional groups attached to an aromatic ring is 1. The van der Waals surface area contributed by atoms with Gasteiger partial charge in [0.05, 0.1) is 43.5 Å². The van der Waals surface area contributed by atoms with Crippen molar-refractivity contribution in [3.05, 3.63) is 47.8 Å². The maximum absolute atomic E-state index is 13.4. The summed E-state index contributed by atoms with van der Waals surface area (Å²) in [6.45, 7) is 3.65. The van der Waals surface area contributed by atoms with Crippen molar-refractivity contribution in [1.29, 1.82) is 0 Å². The number of amides is 1. The second-order valence-electron chi connectivity index (χ2n) is 7.72. The number of carbonyl (C=O) groups excluding carboxylic acids is 1. The summed E-state index contributed by atoms with van der Waals surface area (Å²) in [5, 5.41) is 6.90. The minimum absolute atomic E-state index is 0.00735. The highest BCUT2D eigenvalue weighted by Gasteiger charge is 2.31. The molecule has 5 rings (SSSR count). The Labute approximate surface area is 172 Å². The van der Waals surface area contributed by atoms with Crippen molar-refractivity contribution in [3.8, 4) is 0 Å². The molecule has 0 saturated carbocycles. The molecule has 3 aromatic rings. The van der Waals surface area contributed by atoms with Gasteiger partial charge < -0.3 is 15.8 Å². The number of aromatic nitrogens is 4. The number of hydrogen-bond acceptors (Lipinski definition) is 7. The number of carbonyl (C=O) groups is 1. The molecule has 0 unspecified atom stereocenters. The zero-order valence-corrected chi connectivity index (χ0v) is 16.3. The standard InChI is InChI=1S/C20H22FN7O2/c21-13-7-24-19-17(18(22)26-28(19)9-13)20(29)25-16-8-23-4-1-15(16)12-2-5-27(6-3-12)14-10-30-11-14/h1,4,7-9,12,14H,2-3,5-6,10-11H2,(H2,22,26)(H,25,29). The van der Waals surface area contributed by atoms with Crippen molar-refractivity contribution in [1.82, 2.24) is 24.5 Å². The van der Waals surface area contributed by atoms with E-state index >= 15 is 0 Å². The molecule has 0 aliphatic carbocycles. The van der Waals surface area contributed by atoms with E-state index in [9.17, 15) is 9.18 Å². The van der Waals surface area contributed by atoms with Crippen LogP contribution in [0.4, 0.5) is 15.9 Å². The van der Waals surface area contributed by atoms with Gasteiger partial charge in [-0.2, -0.15) is 0 Å². The highest BCUT2D eigenvalue weighted by Crippen LogP contribution is 2.34. The number of anilines is 2. The summed E-state index contributed by atoms with van der Waals surface area (Å²) in [5.74, 6) is -0.688. The van der Waals surface area contributed by atoms with Crippen molar-refractivity contribution < 1.29 is 13.9 Å². The third kappa shape index (κ3) is 3.37. The van der Waals surface area contributed by atoms with Gasteiger partial charge in [0, 0.05) is 6.20 Å². The Bertz CT molecular complexity index is 1090. The van der Waals surface area contributed by atoms with E-state index in [0.717, 1.165) is 57.1 Å². The third-order valence-corrected chi connectivity index (χ3v) is 5.90. The highest BCUT2D eigenvalue weighted by molar-refractivity contribution is 6.11. The lowest BCUT2D eigenvalue weighted by atomic mass is 9.88. The predicted octanol–water partition coefficient (Wildman–Crippen LogP) is 1.68. The molecule has 0 bridgehead atoms. The van der Waals surface area contributed by atoms with E-state index in [-0.39, 0.29) is 17.0 Å². The van der Waals surface area contributed by atoms with Gasteiger partial charge in [0.25, 0.3) is 5.91 Å². The molecule has 0 aromatic carbocycles. The predicted molar refractivity (Wildman–Crippen MR) is 108 cm³/mol. The lowest BCUT2D eigenvalue weighted by Crippen LogP contribution is -2.51. The number of hydrogen-bond donors (Lipinski definition) is 2. The minimum atomic E-state index is -0.564. The number of fused-ring (bicyclic) bond motifs is 1. The van der Waals surface area contributed by atoms with Gasteiger partial charge in [-0.25, -0.2) is 13.9 Å². The number of halogens is 1. The maximum Gasteiger partial charge on any atom is 0.263 e. The summed E-state index contributed by atoms with van der Waals surface area (Å²) in [6.07, 6.45) is 7.56. The monoisotopic (exact) mass is 411 g/mol. The quantitative estimate of drug-likeness (QED) is 0.672. The van der Waals surface area contributed by atoms with E-state index in [1.807, 2.05) is 6.07 Å². The number of piperidine rings is 1. The highest BCUT2D eigenvalue weighted by atomic mass is 19.1. The molecule has 0 spiro atoms. The lowest BCUT2D eigenvalue weighted by Gasteiger charge is -2.41. The van der Waals surface area contributed by atoms with Gasteiger partial charge in [-0.1, -0.05) is 0 Å². The van der Waals surface area contributed by atoms with Crippen LogP contribution in [0.3, 0.4) is 0 Å². The molecule has 156 valence electrons. The van der Waals surface area contributed by atoms with Crippen LogP contribution in [-0.2, 0) is 4.74 Å². The van der Waals surface area contributed by atoms with Gasteiger partial charge in [0.2, 0.25) is 0 Å². The molecule has 10 heteroatoms. The van der Waals surface area contributed by atoms with Crippen LogP contribution in [0.25, 0.3) is 5.65 Å². The van der Waals surface area contributed by atoms with E-state index < -0.39 is 11.7 Å². The van der Waals surface area contributed by atoms with Gasteiger partial charge in [-0.3, -0.25) is 14.7 Å². The van der Waals surface area contributed by atoms with Gasteiger partial charge >= 0.3 is 0 Å². The van der Waals surface area contributed by atoms with Crippen LogP contribution in [0.1, 0.15) is 34.7 Å². The minimum Gasteiger partial charge on any atom is -0.381 e. The van der Waals surface area contributed by atoms with E-state index in [0.29, 0.717) is 17.6 Å². The molecule has 30 heavy (non-hydrogen) atoms. The molecule has 2 saturated heterocycles. The summed E-state index contributed by atoms with van der Waals surface area (Å²) in [6, 6.07) is 2.49. The Hall–Kier alpha value is -3.11. The Balaban J connectivity index is 1.36. The molecule has 2 aliphatic heterocycles. The average Bonchev–Trinajstić information content (AvgIpc) is 3.02. The van der Waals surface area contributed by atoms with Crippen LogP contribution in [-0.4, -0.2) is 62.7 Å². The fraction of sp³-hybridized carbons (Fsp3) is 0.400.